The molecule has 0 heterocycles. The molecule has 0 amide bonds. The zero-order valence-corrected chi connectivity index (χ0v) is 56.5. The Balaban J connectivity index is 1.81. The van der Waals surface area contributed by atoms with Gasteiger partial charge in [0.25, 0.3) is 0 Å². The van der Waals surface area contributed by atoms with Crippen LogP contribution in [0.4, 0.5) is 34.1 Å². The minimum atomic E-state index is -1.81. The fraction of sp³-hybridized carbons (Fsp3) is 0.457. The maximum atomic E-state index is 2.74. The summed E-state index contributed by atoms with van der Waals surface area (Å²) < 4.78 is 0. The molecule has 7 aromatic carbocycles. The van der Waals surface area contributed by atoms with Gasteiger partial charge in [-0.05, 0) is 117 Å². The number of fused-ring (bicyclic) bond motifs is 2. The van der Waals surface area contributed by atoms with E-state index in [4.69, 9.17) is 0 Å². The Kier molecular flexibility index (Phi) is 16.1. The number of hydrogen-bond acceptors (Lipinski definition) is 2. The van der Waals surface area contributed by atoms with E-state index in [0.29, 0.717) is 0 Å². The monoisotopic (exact) mass is 1080 g/mol. The quantitative estimate of drug-likeness (QED) is 0.0645. The van der Waals surface area contributed by atoms with E-state index in [1.807, 2.05) is 0 Å². The summed E-state index contributed by atoms with van der Waals surface area (Å²) in [4.78, 5) is 5.47. The van der Waals surface area contributed by atoms with E-state index < -0.39 is 32.3 Å². The van der Waals surface area contributed by atoms with Crippen LogP contribution in [0.1, 0.15) is 131 Å². The van der Waals surface area contributed by atoms with Crippen molar-refractivity contribution in [3.63, 3.8) is 0 Å². The van der Waals surface area contributed by atoms with Crippen LogP contribution in [0.25, 0.3) is 21.5 Å². The Morgan fingerprint density at radius 2 is 0.618 bits per heavy atom. The second-order valence-electron chi connectivity index (χ2n) is 31.0. The van der Waals surface area contributed by atoms with E-state index >= 15 is 0 Å². The van der Waals surface area contributed by atoms with Crippen LogP contribution in [-0.4, -0.2) is 32.3 Å². The van der Waals surface area contributed by atoms with Gasteiger partial charge in [-0.2, -0.15) is 0 Å². The second kappa shape index (κ2) is 20.6. The average Bonchev–Trinajstić information content (AvgIpc) is 3.29. The van der Waals surface area contributed by atoms with Gasteiger partial charge in [0, 0.05) is 44.3 Å². The molecule has 0 radical (unpaired) electrons. The predicted octanol–water partition coefficient (Wildman–Crippen LogP) is 19.6. The van der Waals surface area contributed by atoms with Crippen LogP contribution in [0.5, 0.6) is 0 Å². The zero-order chi connectivity index (χ0) is 56.7. The molecule has 0 bridgehead atoms. The van der Waals surface area contributed by atoms with Gasteiger partial charge in [-0.15, -0.1) is 0 Å². The van der Waals surface area contributed by atoms with Crippen LogP contribution in [0.2, 0.25) is 78.6 Å². The summed E-state index contributed by atoms with van der Waals surface area (Å²) in [5, 5.41) is 11.2. The van der Waals surface area contributed by atoms with E-state index in [1.165, 1.54) is 104 Å². The number of benzene rings is 7. The highest BCUT2D eigenvalue weighted by molar-refractivity contribution is 6.92. The first kappa shape index (κ1) is 59.2. The van der Waals surface area contributed by atoms with Crippen molar-refractivity contribution in [3.05, 3.63) is 143 Å². The van der Waals surface area contributed by atoms with E-state index in [9.17, 15) is 0 Å². The van der Waals surface area contributed by atoms with Crippen LogP contribution in [0.15, 0.2) is 115 Å². The van der Waals surface area contributed by atoms with Crippen LogP contribution in [0, 0.1) is 0 Å². The lowest BCUT2D eigenvalue weighted by atomic mass is 9.80. The maximum absolute atomic E-state index is 2.74. The molecule has 0 aliphatic rings. The summed E-state index contributed by atoms with van der Waals surface area (Å²) in [7, 11) is -7.24. The van der Waals surface area contributed by atoms with Gasteiger partial charge in [-0.3, -0.25) is 0 Å². The Morgan fingerprint density at radius 3 is 0.908 bits per heavy atom. The molecule has 7 rings (SSSR count). The first-order valence-corrected chi connectivity index (χ1v) is 42.9. The van der Waals surface area contributed by atoms with Gasteiger partial charge in [0.05, 0.1) is 43.7 Å². The van der Waals surface area contributed by atoms with Crippen LogP contribution >= 0.6 is 0 Å². The molecule has 0 saturated carbocycles. The third kappa shape index (κ3) is 12.8. The molecule has 0 N–H and O–H groups in total. The molecule has 0 spiro atoms. The van der Waals surface area contributed by atoms with Gasteiger partial charge in [0.15, 0.2) is 0 Å². The van der Waals surface area contributed by atoms with Gasteiger partial charge < -0.3 is 9.80 Å². The highest BCUT2D eigenvalue weighted by Crippen LogP contribution is 2.53. The molecule has 0 aliphatic heterocycles. The van der Waals surface area contributed by atoms with Crippen molar-refractivity contribution in [2.45, 2.75) is 209 Å². The number of hydrogen-bond donors (Lipinski definition) is 0. The van der Waals surface area contributed by atoms with Gasteiger partial charge >= 0.3 is 0 Å². The molecule has 0 saturated heterocycles. The van der Waals surface area contributed by atoms with E-state index in [2.05, 4.69) is 294 Å². The van der Waals surface area contributed by atoms with Crippen molar-refractivity contribution in [3.8, 4) is 0 Å². The standard InChI is InChI=1S/C70H100N2Si4/c1-26-27-30-48-33-34-63-64(35-48)66(72(54-40-51(69(8,9)10)37-52(41-54)70(11,12)13)56-44-59(75(20,21)22)47-60(45-56)76(23,24)25)62-32-29-28-31-61(62)65(63)71(53-38-49(67(2,3)4)36-50(39-53)68(5,6)7)55-42-57(73(14,15)16)46-58(43-55)74(17,18)19/h28-29,31-47H,26-27,30H2,1-25H3. The van der Waals surface area contributed by atoms with Crippen LogP contribution in [-0.2, 0) is 28.1 Å². The minimum Gasteiger partial charge on any atom is -0.309 e. The Morgan fingerprint density at radius 1 is 0.329 bits per heavy atom. The van der Waals surface area contributed by atoms with Gasteiger partial charge in [-0.1, -0.05) is 256 Å². The van der Waals surface area contributed by atoms with E-state index in [-0.39, 0.29) is 21.7 Å². The summed E-state index contributed by atoms with van der Waals surface area (Å²) in [6, 6.07) is 47.8. The summed E-state index contributed by atoms with van der Waals surface area (Å²) >= 11 is 0. The largest absolute Gasteiger partial charge is 0.309 e. The average molecular weight is 1080 g/mol. The summed E-state index contributed by atoms with van der Waals surface area (Å²) in [6.45, 7) is 61.3. The topological polar surface area (TPSA) is 6.48 Å². The Hall–Kier alpha value is -4.47. The second-order valence-corrected chi connectivity index (χ2v) is 51.3. The van der Waals surface area contributed by atoms with Crippen LogP contribution in [0.3, 0.4) is 0 Å². The summed E-state index contributed by atoms with van der Waals surface area (Å²) in [5.74, 6) is 0. The number of anilines is 6. The molecule has 76 heavy (non-hydrogen) atoms. The third-order valence-electron chi connectivity index (χ3n) is 15.9. The third-order valence-corrected chi connectivity index (χ3v) is 24.0. The predicted molar refractivity (Wildman–Crippen MR) is 356 cm³/mol. The van der Waals surface area contributed by atoms with Crippen LogP contribution < -0.4 is 30.5 Å². The van der Waals surface area contributed by atoms with E-state index in [0.717, 1.165) is 19.3 Å². The molecule has 2 nitrogen and oxygen atoms in total. The molecule has 6 heteroatoms. The fourth-order valence-electron chi connectivity index (χ4n) is 10.4. The summed E-state index contributed by atoms with van der Waals surface area (Å²) in [6.07, 6.45) is 3.34. The van der Waals surface area contributed by atoms with Crippen molar-refractivity contribution in [1.29, 1.82) is 0 Å². The zero-order valence-electron chi connectivity index (χ0n) is 52.5. The van der Waals surface area contributed by atoms with Gasteiger partial charge in [-0.25, -0.2) is 0 Å². The first-order chi connectivity index (χ1) is 34.7. The Bertz CT molecular complexity index is 2990. The smallest absolute Gasteiger partial charge is 0.0776 e. The first-order valence-electron chi connectivity index (χ1n) is 28.9. The molecule has 0 aliphatic carbocycles. The number of aryl methyl sites for hydroxylation is 1. The molecular formula is C70H100N2Si4. The van der Waals surface area contributed by atoms with Crippen molar-refractivity contribution in [2.24, 2.45) is 0 Å². The number of unbranched alkanes of at least 4 members (excludes halogenated alkanes) is 1. The van der Waals surface area contributed by atoms with Crippen molar-refractivity contribution in [2.75, 3.05) is 9.80 Å². The maximum Gasteiger partial charge on any atom is 0.0776 e. The number of nitrogens with zero attached hydrogens (tertiary/aromatic N) is 2. The molecule has 0 atom stereocenters. The molecule has 0 aromatic heterocycles. The minimum absolute atomic E-state index is 0.0687. The fourth-order valence-corrected chi connectivity index (χ4v) is 15.4. The molecular weight excluding hydrogens is 981 g/mol. The normalized spacial score (nSPS) is 13.5. The SMILES string of the molecule is CCCCc1ccc2c(N(c3cc(C(C)(C)C)cc(C(C)(C)C)c3)c3cc([Si](C)(C)C)cc([Si](C)(C)C)c3)c3ccccc3c(N(c3cc(C(C)(C)C)cc(C(C)(C)C)c3)c3cc([Si](C)(C)C)cc([Si](C)(C)C)c3)c2c1. The molecule has 0 fully saturated rings. The van der Waals surface area contributed by atoms with Gasteiger partial charge in [0.1, 0.15) is 0 Å². The van der Waals surface area contributed by atoms with Crippen molar-refractivity contribution in [1.82, 2.24) is 0 Å². The molecule has 7 aromatic rings. The summed E-state index contributed by atoms with van der Waals surface area (Å²) in [5.41, 5.74) is 14.1. The lowest BCUT2D eigenvalue weighted by Crippen LogP contribution is -2.45. The van der Waals surface area contributed by atoms with Crippen molar-refractivity contribution < 1.29 is 0 Å². The highest BCUT2D eigenvalue weighted by Gasteiger charge is 2.33. The highest BCUT2D eigenvalue weighted by atomic mass is 28.3. The molecule has 0 unspecified atom stereocenters. The lowest BCUT2D eigenvalue weighted by Gasteiger charge is -2.37. The van der Waals surface area contributed by atoms with Gasteiger partial charge in [0.2, 0.25) is 0 Å². The van der Waals surface area contributed by atoms with E-state index in [1.54, 1.807) is 0 Å². The molecule has 406 valence electrons. The van der Waals surface area contributed by atoms with Crippen molar-refractivity contribution >= 4 is 109 Å². The lowest BCUT2D eigenvalue weighted by molar-refractivity contribution is 0.568. The Labute approximate surface area is 468 Å². The number of rotatable bonds is 13.